The number of hydrogen-bond donors (Lipinski definition) is 1. The van der Waals surface area contributed by atoms with Crippen LogP contribution in [0.5, 0.6) is 11.5 Å². The van der Waals surface area contributed by atoms with Gasteiger partial charge in [-0.3, -0.25) is 4.79 Å². The van der Waals surface area contributed by atoms with E-state index in [1.54, 1.807) is 66.7 Å². The molecule has 1 amide bonds. The Morgan fingerprint density at radius 2 is 1.80 bits per heavy atom. The zero-order valence-electron chi connectivity index (χ0n) is 15.5. The van der Waals surface area contributed by atoms with Crippen LogP contribution in [0.2, 0.25) is 5.02 Å². The predicted molar refractivity (Wildman–Crippen MR) is 118 cm³/mol. The average Bonchev–Trinajstić information content (AvgIpc) is 2.74. The Balaban J connectivity index is 1.48. The van der Waals surface area contributed by atoms with Gasteiger partial charge in [0.25, 0.3) is 5.91 Å². The monoisotopic (exact) mass is 486 g/mol. The van der Waals surface area contributed by atoms with Gasteiger partial charge >= 0.3 is 5.97 Å². The molecule has 0 aliphatic carbocycles. The number of nitrogens with one attached hydrogen (secondary N) is 1. The maximum Gasteiger partial charge on any atom is 0.343 e. The van der Waals surface area contributed by atoms with E-state index in [0.29, 0.717) is 27.6 Å². The first kappa shape index (κ1) is 21.5. The predicted octanol–water partition coefficient (Wildman–Crippen LogP) is 4.85. The van der Waals surface area contributed by atoms with Crippen LogP contribution < -0.4 is 14.9 Å². The largest absolute Gasteiger partial charge is 0.482 e. The van der Waals surface area contributed by atoms with Crippen molar-refractivity contribution in [3.63, 3.8) is 0 Å². The Morgan fingerprint density at radius 1 is 1.03 bits per heavy atom. The number of para-hydroxylation sites is 1. The number of nitrogens with zero attached hydrogens (tertiary/aromatic N) is 1. The first-order valence-electron chi connectivity index (χ1n) is 8.78. The van der Waals surface area contributed by atoms with E-state index in [1.165, 1.54) is 6.21 Å². The molecular weight excluding hydrogens is 472 g/mol. The maximum atomic E-state index is 12.1. The number of hydrazone groups is 1. The van der Waals surface area contributed by atoms with E-state index < -0.39 is 11.9 Å². The lowest BCUT2D eigenvalue weighted by Gasteiger charge is -2.06. The van der Waals surface area contributed by atoms with Crippen LogP contribution in [0.3, 0.4) is 0 Å². The molecule has 0 aliphatic rings. The summed E-state index contributed by atoms with van der Waals surface area (Å²) in [4.78, 5) is 23.9. The second-order valence-corrected chi connectivity index (χ2v) is 7.30. The molecule has 152 valence electrons. The van der Waals surface area contributed by atoms with Gasteiger partial charge in [-0.15, -0.1) is 0 Å². The summed E-state index contributed by atoms with van der Waals surface area (Å²) in [6, 6.07) is 20.5. The first-order valence-corrected chi connectivity index (χ1v) is 9.95. The summed E-state index contributed by atoms with van der Waals surface area (Å²) in [5.74, 6) is -0.0603. The molecule has 0 saturated heterocycles. The van der Waals surface area contributed by atoms with Crippen LogP contribution in [0.4, 0.5) is 0 Å². The third kappa shape index (κ3) is 6.43. The Labute approximate surface area is 186 Å². The van der Waals surface area contributed by atoms with E-state index in [4.69, 9.17) is 21.1 Å². The Kier molecular flexibility index (Phi) is 7.59. The molecule has 3 rings (SSSR count). The van der Waals surface area contributed by atoms with Crippen LogP contribution in [0, 0.1) is 0 Å². The van der Waals surface area contributed by atoms with E-state index in [2.05, 4.69) is 26.5 Å². The molecule has 6 nitrogen and oxygen atoms in total. The number of carbonyl (C=O) groups is 2. The van der Waals surface area contributed by atoms with Crippen molar-refractivity contribution in [1.82, 2.24) is 5.43 Å². The summed E-state index contributed by atoms with van der Waals surface area (Å²) in [5.41, 5.74) is 3.52. The smallest absolute Gasteiger partial charge is 0.343 e. The molecule has 0 aliphatic heterocycles. The van der Waals surface area contributed by atoms with Crippen molar-refractivity contribution in [3.8, 4) is 11.5 Å². The maximum absolute atomic E-state index is 12.1. The lowest BCUT2D eigenvalue weighted by Crippen LogP contribution is -2.24. The number of esters is 1. The molecule has 3 aromatic rings. The third-order valence-corrected chi connectivity index (χ3v) is 4.55. The second kappa shape index (κ2) is 10.6. The lowest BCUT2D eigenvalue weighted by molar-refractivity contribution is -0.123. The van der Waals surface area contributed by atoms with Crippen molar-refractivity contribution in [3.05, 3.63) is 93.4 Å². The first-order chi connectivity index (χ1) is 14.5. The molecule has 1 N–H and O–H groups in total. The van der Waals surface area contributed by atoms with Crippen LogP contribution in [0.15, 0.2) is 82.4 Å². The van der Waals surface area contributed by atoms with Gasteiger partial charge < -0.3 is 9.47 Å². The number of benzene rings is 3. The van der Waals surface area contributed by atoms with E-state index in [1.807, 2.05) is 6.07 Å². The van der Waals surface area contributed by atoms with E-state index in [9.17, 15) is 9.59 Å². The highest BCUT2D eigenvalue weighted by Crippen LogP contribution is 2.22. The van der Waals surface area contributed by atoms with Gasteiger partial charge in [-0.1, -0.05) is 45.7 Å². The molecule has 0 spiro atoms. The second-order valence-electron chi connectivity index (χ2n) is 5.98. The number of ether oxygens (including phenoxy) is 2. The topological polar surface area (TPSA) is 77.0 Å². The molecule has 0 radical (unpaired) electrons. The number of halogens is 2. The molecule has 0 atom stereocenters. The zero-order valence-corrected chi connectivity index (χ0v) is 17.9. The van der Waals surface area contributed by atoms with E-state index in [-0.39, 0.29) is 6.61 Å². The minimum Gasteiger partial charge on any atom is -0.482 e. The lowest BCUT2D eigenvalue weighted by atomic mass is 10.2. The SMILES string of the molecule is O=C(COc1ccccc1Cl)N/N=C/c1ccc(OC(=O)c2cccc(Br)c2)cc1. The summed E-state index contributed by atoms with van der Waals surface area (Å²) in [5, 5.41) is 4.30. The molecule has 0 bridgehead atoms. The summed E-state index contributed by atoms with van der Waals surface area (Å²) >= 11 is 9.28. The standard InChI is InChI=1S/C22H16BrClN2O4/c23-17-5-3-4-16(12-17)22(28)30-18-10-8-15(9-11-18)13-25-26-21(27)14-29-20-7-2-1-6-19(20)24/h1-13H,14H2,(H,26,27)/b25-13+. The minimum atomic E-state index is -0.455. The normalized spacial score (nSPS) is 10.6. The summed E-state index contributed by atoms with van der Waals surface area (Å²) in [6.07, 6.45) is 1.47. The van der Waals surface area contributed by atoms with Crippen molar-refractivity contribution in [2.45, 2.75) is 0 Å². The van der Waals surface area contributed by atoms with Crippen molar-refractivity contribution < 1.29 is 19.1 Å². The summed E-state index contributed by atoms with van der Waals surface area (Å²) < 4.78 is 11.5. The molecule has 0 saturated carbocycles. The van der Waals surface area contributed by atoms with Crippen LogP contribution in [-0.4, -0.2) is 24.7 Å². The van der Waals surface area contributed by atoms with Crippen LogP contribution in [0.1, 0.15) is 15.9 Å². The van der Waals surface area contributed by atoms with Gasteiger partial charge in [0.15, 0.2) is 6.61 Å². The van der Waals surface area contributed by atoms with Crippen molar-refractivity contribution in [2.24, 2.45) is 5.10 Å². The Hall–Kier alpha value is -3.16. The fourth-order valence-corrected chi connectivity index (χ4v) is 2.91. The van der Waals surface area contributed by atoms with E-state index in [0.717, 1.165) is 4.47 Å². The molecule has 8 heteroatoms. The Bertz CT molecular complexity index is 1070. The zero-order chi connectivity index (χ0) is 21.3. The van der Waals surface area contributed by atoms with Gasteiger partial charge in [0.1, 0.15) is 11.5 Å². The number of carbonyl (C=O) groups excluding carboxylic acids is 2. The number of amides is 1. The highest BCUT2D eigenvalue weighted by atomic mass is 79.9. The van der Waals surface area contributed by atoms with Crippen molar-refractivity contribution >= 4 is 45.6 Å². The van der Waals surface area contributed by atoms with Gasteiger partial charge in [0, 0.05) is 4.47 Å². The fraction of sp³-hybridized carbons (Fsp3) is 0.0455. The highest BCUT2D eigenvalue weighted by molar-refractivity contribution is 9.10. The van der Waals surface area contributed by atoms with Gasteiger partial charge in [-0.05, 0) is 60.2 Å². The average molecular weight is 488 g/mol. The fourth-order valence-electron chi connectivity index (χ4n) is 2.32. The molecular formula is C22H16BrClN2O4. The summed E-state index contributed by atoms with van der Waals surface area (Å²) in [7, 11) is 0. The van der Waals surface area contributed by atoms with Crippen LogP contribution in [-0.2, 0) is 4.79 Å². The van der Waals surface area contributed by atoms with Gasteiger partial charge in [-0.2, -0.15) is 5.10 Å². The quantitative estimate of drug-likeness (QED) is 0.224. The van der Waals surface area contributed by atoms with E-state index >= 15 is 0 Å². The number of hydrogen-bond acceptors (Lipinski definition) is 5. The van der Waals surface area contributed by atoms with Gasteiger partial charge in [0.05, 0.1) is 16.8 Å². The van der Waals surface area contributed by atoms with Gasteiger partial charge in [-0.25, -0.2) is 10.2 Å². The molecule has 0 heterocycles. The molecule has 0 aromatic heterocycles. The third-order valence-electron chi connectivity index (χ3n) is 3.75. The van der Waals surface area contributed by atoms with Crippen molar-refractivity contribution in [1.29, 1.82) is 0 Å². The van der Waals surface area contributed by atoms with Crippen LogP contribution >= 0.6 is 27.5 Å². The molecule has 0 unspecified atom stereocenters. The molecule has 30 heavy (non-hydrogen) atoms. The minimum absolute atomic E-state index is 0.217. The Morgan fingerprint density at radius 3 is 2.53 bits per heavy atom. The van der Waals surface area contributed by atoms with Crippen molar-refractivity contribution in [2.75, 3.05) is 6.61 Å². The van der Waals surface area contributed by atoms with Crippen LogP contribution in [0.25, 0.3) is 0 Å². The molecule has 3 aromatic carbocycles. The van der Waals surface area contributed by atoms with Gasteiger partial charge in [0.2, 0.25) is 0 Å². The highest BCUT2D eigenvalue weighted by Gasteiger charge is 2.09. The molecule has 0 fully saturated rings. The summed E-state index contributed by atoms with van der Waals surface area (Å²) in [6.45, 7) is -0.217. The number of rotatable bonds is 7.